The van der Waals surface area contributed by atoms with Crippen LogP contribution >= 0.6 is 11.3 Å². The van der Waals surface area contributed by atoms with Crippen LogP contribution in [-0.2, 0) is 30.7 Å². The van der Waals surface area contributed by atoms with Crippen molar-refractivity contribution in [2.24, 2.45) is 0 Å². The van der Waals surface area contributed by atoms with Gasteiger partial charge < -0.3 is 10.1 Å². The van der Waals surface area contributed by atoms with Crippen LogP contribution < -0.4 is 5.32 Å². The number of rotatable bonds is 8. The zero-order valence-electron chi connectivity index (χ0n) is 13.7. The molecule has 0 aliphatic carbocycles. The first kappa shape index (κ1) is 19.1. The molecular weight excluding hydrogens is 362 g/mol. The van der Waals surface area contributed by atoms with Crippen LogP contribution in [-0.4, -0.2) is 32.7 Å². The fraction of sp³-hybridized carbons (Fsp3) is 0.294. The molecule has 0 atom stereocenters. The number of esters is 1. The molecule has 6 nitrogen and oxygen atoms in total. The zero-order valence-corrected chi connectivity index (χ0v) is 15.4. The summed E-state index contributed by atoms with van der Waals surface area (Å²) >= 11 is 1.51. The van der Waals surface area contributed by atoms with Crippen molar-refractivity contribution in [3.8, 4) is 0 Å². The molecule has 1 aromatic carbocycles. The van der Waals surface area contributed by atoms with Gasteiger partial charge in [0.1, 0.15) is 0 Å². The monoisotopic (exact) mass is 381 g/mol. The van der Waals surface area contributed by atoms with Gasteiger partial charge >= 0.3 is 5.97 Å². The summed E-state index contributed by atoms with van der Waals surface area (Å²) in [6.45, 7) is 1.81. The summed E-state index contributed by atoms with van der Waals surface area (Å²) in [7, 11) is -3.55. The van der Waals surface area contributed by atoms with Crippen LogP contribution in [0.5, 0.6) is 0 Å². The minimum absolute atomic E-state index is 0.166. The molecule has 1 N–H and O–H groups in total. The lowest BCUT2D eigenvalue weighted by Gasteiger charge is -2.07. The number of amides is 1. The number of ether oxygens (including phenoxy) is 1. The minimum Gasteiger partial charge on any atom is -0.456 e. The molecule has 0 saturated carbocycles. The molecule has 134 valence electrons. The molecule has 0 fully saturated rings. The van der Waals surface area contributed by atoms with E-state index in [9.17, 15) is 18.0 Å². The van der Waals surface area contributed by atoms with Crippen molar-refractivity contribution in [3.05, 3.63) is 52.2 Å². The summed E-state index contributed by atoms with van der Waals surface area (Å²) in [6, 6.07) is 10.2. The van der Waals surface area contributed by atoms with Crippen LogP contribution in [0.15, 0.2) is 46.7 Å². The molecule has 0 aliphatic heterocycles. The van der Waals surface area contributed by atoms with Crippen molar-refractivity contribution in [2.45, 2.75) is 24.8 Å². The molecule has 2 aromatic rings. The topological polar surface area (TPSA) is 89.5 Å². The Morgan fingerprint density at radius 2 is 1.88 bits per heavy atom. The molecule has 0 aliphatic rings. The normalized spacial score (nSPS) is 11.1. The van der Waals surface area contributed by atoms with Gasteiger partial charge in [-0.2, -0.15) is 0 Å². The van der Waals surface area contributed by atoms with Crippen molar-refractivity contribution < 1.29 is 22.7 Å². The van der Waals surface area contributed by atoms with Gasteiger partial charge in [0.25, 0.3) is 5.91 Å². The van der Waals surface area contributed by atoms with Crippen LogP contribution in [0.4, 0.5) is 0 Å². The molecule has 1 aromatic heterocycles. The Labute approximate surface area is 150 Å². The molecular formula is C17H19NO5S2. The highest BCUT2D eigenvalue weighted by atomic mass is 32.2. The van der Waals surface area contributed by atoms with Crippen molar-refractivity contribution in [1.29, 1.82) is 0 Å². The van der Waals surface area contributed by atoms with Crippen molar-refractivity contribution >= 4 is 33.1 Å². The van der Waals surface area contributed by atoms with Gasteiger partial charge in [-0.05, 0) is 30.5 Å². The molecule has 2 rings (SSSR count). The Morgan fingerprint density at radius 3 is 2.52 bits per heavy atom. The third kappa shape index (κ3) is 6.32. The van der Waals surface area contributed by atoms with Gasteiger partial charge in [-0.25, -0.2) is 8.42 Å². The fourth-order valence-electron chi connectivity index (χ4n) is 1.95. The van der Waals surface area contributed by atoms with Gasteiger partial charge in [-0.15, -0.1) is 11.3 Å². The molecule has 0 unspecified atom stereocenters. The second kappa shape index (κ2) is 8.77. The second-order valence-corrected chi connectivity index (χ2v) is 8.54. The Morgan fingerprint density at radius 1 is 1.16 bits per heavy atom. The molecule has 0 saturated heterocycles. The lowest BCUT2D eigenvalue weighted by atomic mass is 10.2. The molecule has 8 heteroatoms. The average Bonchev–Trinajstić information content (AvgIpc) is 3.10. The smallest absolute Gasteiger partial charge is 0.307 e. The van der Waals surface area contributed by atoms with Gasteiger partial charge in [-0.1, -0.05) is 23.8 Å². The van der Waals surface area contributed by atoms with Crippen LogP contribution in [0.1, 0.15) is 16.9 Å². The SMILES string of the molecule is Cc1ccc(S(=O)(=O)CCC(=O)OCC(=O)NCc2cccs2)cc1. The van der Waals surface area contributed by atoms with Crippen LogP contribution in [0, 0.1) is 6.92 Å². The van der Waals surface area contributed by atoms with E-state index in [1.165, 1.54) is 23.5 Å². The average molecular weight is 381 g/mol. The number of benzene rings is 1. The molecule has 0 spiro atoms. The molecule has 1 amide bonds. The maximum absolute atomic E-state index is 12.1. The van der Waals surface area contributed by atoms with Gasteiger partial charge in [0, 0.05) is 4.88 Å². The maximum Gasteiger partial charge on any atom is 0.307 e. The first-order chi connectivity index (χ1) is 11.9. The lowest BCUT2D eigenvalue weighted by Crippen LogP contribution is -2.28. The number of hydrogen-bond acceptors (Lipinski definition) is 6. The summed E-state index contributed by atoms with van der Waals surface area (Å²) in [5.41, 5.74) is 0.951. The number of carbonyl (C=O) groups excluding carboxylic acids is 2. The predicted molar refractivity (Wildman–Crippen MR) is 95.0 cm³/mol. The molecule has 0 radical (unpaired) electrons. The number of thiophene rings is 1. The third-order valence-corrected chi connectivity index (χ3v) is 5.97. The molecule has 25 heavy (non-hydrogen) atoms. The Hall–Kier alpha value is -2.19. The van der Waals surface area contributed by atoms with E-state index < -0.39 is 28.3 Å². The van der Waals surface area contributed by atoms with Gasteiger partial charge in [0.05, 0.1) is 23.6 Å². The van der Waals surface area contributed by atoms with E-state index in [1.807, 2.05) is 24.4 Å². The maximum atomic E-state index is 12.1. The number of aryl methyl sites for hydroxylation is 1. The zero-order chi connectivity index (χ0) is 18.3. The number of nitrogens with one attached hydrogen (secondary N) is 1. The van der Waals surface area contributed by atoms with E-state index in [-0.39, 0.29) is 17.1 Å². The quantitative estimate of drug-likeness (QED) is 0.707. The van der Waals surface area contributed by atoms with Gasteiger partial charge in [-0.3, -0.25) is 9.59 Å². The minimum atomic E-state index is -3.55. The van der Waals surface area contributed by atoms with E-state index >= 15 is 0 Å². The van der Waals surface area contributed by atoms with E-state index in [0.29, 0.717) is 6.54 Å². The number of sulfone groups is 1. The Balaban J connectivity index is 1.72. The summed E-state index contributed by atoms with van der Waals surface area (Å²) in [4.78, 5) is 24.4. The van der Waals surface area contributed by atoms with E-state index in [1.54, 1.807) is 12.1 Å². The highest BCUT2D eigenvalue weighted by molar-refractivity contribution is 7.91. The number of hydrogen-bond donors (Lipinski definition) is 1. The first-order valence-corrected chi connectivity index (χ1v) is 10.1. The third-order valence-electron chi connectivity index (χ3n) is 3.36. The second-order valence-electron chi connectivity index (χ2n) is 5.40. The standard InChI is InChI=1S/C17H19NO5S2/c1-13-4-6-15(7-5-13)25(21,22)10-8-17(20)23-12-16(19)18-11-14-3-2-9-24-14/h2-7,9H,8,10-12H2,1H3,(H,18,19). The van der Waals surface area contributed by atoms with Crippen LogP contribution in [0.3, 0.4) is 0 Å². The summed E-state index contributed by atoms with van der Waals surface area (Å²) in [5.74, 6) is -1.50. The first-order valence-electron chi connectivity index (χ1n) is 7.61. The molecule has 0 bridgehead atoms. The summed E-state index contributed by atoms with van der Waals surface area (Å²) in [6.07, 6.45) is -0.297. The Bertz CT molecular complexity index is 811. The fourth-order valence-corrected chi connectivity index (χ4v) is 3.82. The number of carbonyl (C=O) groups is 2. The van der Waals surface area contributed by atoms with Gasteiger partial charge in [0.15, 0.2) is 16.4 Å². The summed E-state index contributed by atoms with van der Waals surface area (Å²) < 4.78 is 29.1. The highest BCUT2D eigenvalue weighted by Gasteiger charge is 2.17. The largest absolute Gasteiger partial charge is 0.456 e. The van der Waals surface area contributed by atoms with Crippen molar-refractivity contribution in [2.75, 3.05) is 12.4 Å². The highest BCUT2D eigenvalue weighted by Crippen LogP contribution is 2.13. The van der Waals surface area contributed by atoms with Crippen LogP contribution in [0.25, 0.3) is 0 Å². The van der Waals surface area contributed by atoms with Gasteiger partial charge in [0.2, 0.25) is 0 Å². The van der Waals surface area contributed by atoms with Crippen molar-refractivity contribution in [3.63, 3.8) is 0 Å². The van der Waals surface area contributed by atoms with E-state index in [2.05, 4.69) is 5.32 Å². The Kier molecular flexibility index (Phi) is 6.72. The lowest BCUT2D eigenvalue weighted by molar-refractivity contribution is -0.148. The predicted octanol–water partition coefficient (Wildman–Crippen LogP) is 2.08. The summed E-state index contributed by atoms with van der Waals surface area (Å²) in [5, 5.41) is 4.52. The molecule has 1 heterocycles. The van der Waals surface area contributed by atoms with Crippen LogP contribution in [0.2, 0.25) is 0 Å². The van der Waals surface area contributed by atoms with E-state index in [0.717, 1.165) is 10.4 Å². The van der Waals surface area contributed by atoms with Crippen molar-refractivity contribution in [1.82, 2.24) is 5.32 Å². The van der Waals surface area contributed by atoms with E-state index in [4.69, 9.17) is 4.74 Å².